The first-order chi connectivity index (χ1) is 8.59. The first-order valence-corrected chi connectivity index (χ1v) is 5.58. The van der Waals surface area contributed by atoms with Crippen LogP contribution in [0.3, 0.4) is 0 Å². The number of hydrogen-bond acceptors (Lipinski definition) is 5. The number of nitrogens with two attached hydrogens (primary N) is 1. The number of esters is 1. The third-order valence-electron chi connectivity index (χ3n) is 2.12. The van der Waals surface area contributed by atoms with Gasteiger partial charge in [-0.15, -0.1) is 0 Å². The minimum atomic E-state index is -0.474. The number of benzene rings is 1. The number of hydrogen-bond donors (Lipinski definition) is 1. The molecule has 0 saturated carbocycles. The first-order valence-electron chi connectivity index (χ1n) is 5.58. The molecule has 5 nitrogen and oxygen atoms in total. The summed E-state index contributed by atoms with van der Waals surface area (Å²) in [5, 5.41) is 0. The van der Waals surface area contributed by atoms with Gasteiger partial charge in [0.05, 0.1) is 6.08 Å². The maximum atomic E-state index is 11.3. The minimum Gasteiger partial charge on any atom is -0.490 e. The largest absolute Gasteiger partial charge is 0.490 e. The van der Waals surface area contributed by atoms with Crippen molar-refractivity contribution in [3.8, 4) is 5.75 Å². The van der Waals surface area contributed by atoms with E-state index in [0.717, 1.165) is 5.75 Å². The van der Waals surface area contributed by atoms with Gasteiger partial charge in [-0.25, -0.2) is 4.79 Å². The Balaban J connectivity index is 2.22. The summed E-state index contributed by atoms with van der Waals surface area (Å²) in [5.74, 6) is 0.624. The summed E-state index contributed by atoms with van der Waals surface area (Å²) in [7, 11) is 3.50. The van der Waals surface area contributed by atoms with E-state index in [0.29, 0.717) is 12.4 Å². The fourth-order valence-corrected chi connectivity index (χ4v) is 1.11. The van der Waals surface area contributed by atoms with Crippen molar-refractivity contribution < 1.29 is 14.3 Å². The van der Waals surface area contributed by atoms with E-state index < -0.39 is 5.97 Å². The van der Waals surface area contributed by atoms with Gasteiger partial charge in [-0.3, -0.25) is 0 Å². The van der Waals surface area contributed by atoms with Crippen molar-refractivity contribution in [3.05, 3.63) is 42.2 Å². The molecule has 98 valence electrons. The molecule has 0 heterocycles. The zero-order valence-corrected chi connectivity index (χ0v) is 10.6. The van der Waals surface area contributed by atoms with Gasteiger partial charge in [0.1, 0.15) is 24.8 Å². The number of nitrogens with zero attached hydrogens (tertiary/aromatic N) is 1. The topological polar surface area (TPSA) is 64.8 Å². The average Bonchev–Trinajstić information content (AvgIpc) is 2.35. The Labute approximate surface area is 107 Å². The minimum absolute atomic E-state index is 0.185. The molecule has 0 amide bonds. The molecular formula is C13H18N2O3. The standard InChI is InChI=1S/C13H18N2O3/c1-15(2)12(14)10-13(16)18-9-8-17-11-6-4-3-5-7-11/h3-7,10H,8-9,14H2,1-2H3. The smallest absolute Gasteiger partial charge is 0.334 e. The fraction of sp³-hybridized carbons (Fsp3) is 0.308. The normalized spacial score (nSPS) is 10.9. The van der Waals surface area contributed by atoms with Crippen molar-refractivity contribution in [1.29, 1.82) is 0 Å². The molecule has 18 heavy (non-hydrogen) atoms. The van der Waals surface area contributed by atoms with E-state index in [1.807, 2.05) is 30.3 Å². The van der Waals surface area contributed by atoms with Gasteiger partial charge >= 0.3 is 5.97 Å². The fourth-order valence-electron chi connectivity index (χ4n) is 1.11. The third kappa shape index (κ3) is 5.25. The Kier molecular flexibility index (Phi) is 5.57. The van der Waals surface area contributed by atoms with Crippen LogP contribution in [-0.2, 0) is 9.53 Å². The van der Waals surface area contributed by atoms with Crippen LogP contribution in [0.25, 0.3) is 0 Å². The highest BCUT2D eigenvalue weighted by Gasteiger charge is 2.01. The maximum Gasteiger partial charge on any atom is 0.334 e. The Hall–Kier alpha value is -2.17. The Morgan fingerprint density at radius 1 is 1.28 bits per heavy atom. The van der Waals surface area contributed by atoms with Crippen LogP contribution >= 0.6 is 0 Å². The van der Waals surface area contributed by atoms with Crippen LogP contribution in [0, 0.1) is 0 Å². The molecule has 2 N–H and O–H groups in total. The van der Waals surface area contributed by atoms with E-state index in [-0.39, 0.29) is 6.61 Å². The Morgan fingerprint density at radius 3 is 2.56 bits per heavy atom. The van der Waals surface area contributed by atoms with Gasteiger partial charge in [0.15, 0.2) is 0 Å². The van der Waals surface area contributed by atoms with E-state index in [4.69, 9.17) is 15.2 Å². The third-order valence-corrected chi connectivity index (χ3v) is 2.12. The molecule has 0 atom stereocenters. The highest BCUT2D eigenvalue weighted by molar-refractivity contribution is 5.82. The van der Waals surface area contributed by atoms with Crippen molar-refractivity contribution in [3.63, 3.8) is 0 Å². The van der Waals surface area contributed by atoms with E-state index in [1.54, 1.807) is 19.0 Å². The summed E-state index contributed by atoms with van der Waals surface area (Å²) >= 11 is 0. The number of para-hydroxylation sites is 1. The molecule has 0 spiro atoms. The van der Waals surface area contributed by atoms with E-state index in [9.17, 15) is 4.79 Å². The first kappa shape index (κ1) is 13.9. The molecule has 0 saturated heterocycles. The average molecular weight is 250 g/mol. The Morgan fingerprint density at radius 2 is 1.94 bits per heavy atom. The van der Waals surface area contributed by atoms with Gasteiger partial charge in [-0.05, 0) is 12.1 Å². The van der Waals surface area contributed by atoms with E-state index >= 15 is 0 Å². The van der Waals surface area contributed by atoms with Crippen LogP contribution in [0.1, 0.15) is 0 Å². The predicted molar refractivity (Wildman–Crippen MR) is 68.9 cm³/mol. The van der Waals surface area contributed by atoms with Crippen LogP contribution < -0.4 is 10.5 Å². The van der Waals surface area contributed by atoms with Gasteiger partial charge in [0.25, 0.3) is 0 Å². The lowest BCUT2D eigenvalue weighted by Gasteiger charge is -2.11. The second kappa shape index (κ2) is 7.21. The summed E-state index contributed by atoms with van der Waals surface area (Å²) in [5.41, 5.74) is 5.57. The zero-order valence-electron chi connectivity index (χ0n) is 10.6. The quantitative estimate of drug-likeness (QED) is 0.463. The van der Waals surface area contributed by atoms with E-state index in [2.05, 4.69) is 0 Å². The molecule has 5 heteroatoms. The number of carbonyl (C=O) groups is 1. The highest BCUT2D eigenvalue weighted by Crippen LogP contribution is 2.07. The zero-order chi connectivity index (χ0) is 13.4. The van der Waals surface area contributed by atoms with Crippen molar-refractivity contribution in [2.45, 2.75) is 0 Å². The summed E-state index contributed by atoms with van der Waals surface area (Å²) in [6, 6.07) is 9.34. The van der Waals surface area contributed by atoms with Crippen LogP contribution in [0.4, 0.5) is 0 Å². The highest BCUT2D eigenvalue weighted by atomic mass is 16.6. The molecule has 1 rings (SSSR count). The second-order valence-electron chi connectivity index (χ2n) is 3.79. The molecule has 0 unspecified atom stereocenters. The molecule has 0 aromatic heterocycles. The van der Waals surface area contributed by atoms with Crippen molar-refractivity contribution in [1.82, 2.24) is 4.90 Å². The molecule has 1 aromatic rings. The maximum absolute atomic E-state index is 11.3. The molecular weight excluding hydrogens is 232 g/mol. The van der Waals surface area contributed by atoms with Crippen LogP contribution in [0.15, 0.2) is 42.2 Å². The number of carbonyl (C=O) groups excluding carboxylic acids is 1. The summed E-state index contributed by atoms with van der Waals surface area (Å²) in [6.45, 7) is 0.496. The lowest BCUT2D eigenvalue weighted by atomic mass is 10.3. The van der Waals surface area contributed by atoms with Crippen LogP contribution in [0.2, 0.25) is 0 Å². The molecule has 0 aliphatic heterocycles. The summed E-state index contributed by atoms with van der Waals surface area (Å²) in [6.07, 6.45) is 1.24. The van der Waals surface area contributed by atoms with Crippen LogP contribution in [-0.4, -0.2) is 38.2 Å². The molecule has 0 aliphatic carbocycles. The molecule has 0 aliphatic rings. The lowest BCUT2D eigenvalue weighted by molar-refractivity contribution is -0.138. The molecule has 0 bridgehead atoms. The molecule has 0 fully saturated rings. The SMILES string of the molecule is CN(C)C(N)=CC(=O)OCCOc1ccccc1. The lowest BCUT2D eigenvalue weighted by Crippen LogP contribution is -2.21. The van der Waals surface area contributed by atoms with Crippen molar-refractivity contribution in [2.24, 2.45) is 5.73 Å². The molecule has 1 aromatic carbocycles. The monoisotopic (exact) mass is 250 g/mol. The van der Waals surface area contributed by atoms with Gasteiger partial charge in [0.2, 0.25) is 0 Å². The van der Waals surface area contributed by atoms with Crippen LogP contribution in [0.5, 0.6) is 5.75 Å². The number of rotatable bonds is 6. The Bertz CT molecular complexity index is 402. The van der Waals surface area contributed by atoms with Crippen molar-refractivity contribution in [2.75, 3.05) is 27.3 Å². The predicted octanol–water partition coefficient (Wildman–Crippen LogP) is 0.970. The number of ether oxygens (including phenoxy) is 2. The second-order valence-corrected chi connectivity index (χ2v) is 3.79. The van der Waals surface area contributed by atoms with Crippen molar-refractivity contribution >= 4 is 5.97 Å². The van der Waals surface area contributed by atoms with Gasteiger partial charge in [0, 0.05) is 14.1 Å². The summed E-state index contributed by atoms with van der Waals surface area (Å²) < 4.78 is 10.3. The van der Waals surface area contributed by atoms with Gasteiger partial charge in [-0.2, -0.15) is 0 Å². The molecule has 0 radical (unpaired) electrons. The van der Waals surface area contributed by atoms with E-state index in [1.165, 1.54) is 6.08 Å². The summed E-state index contributed by atoms with van der Waals surface area (Å²) in [4.78, 5) is 12.9. The van der Waals surface area contributed by atoms with Gasteiger partial charge < -0.3 is 20.1 Å². The van der Waals surface area contributed by atoms with Gasteiger partial charge in [-0.1, -0.05) is 18.2 Å².